The van der Waals surface area contributed by atoms with Gasteiger partial charge < -0.3 is 4.57 Å². The third-order valence-corrected chi connectivity index (χ3v) is 4.29. The Kier molecular flexibility index (Phi) is 3.97. The minimum Gasteiger partial charge on any atom is -0.339 e. The van der Waals surface area contributed by atoms with E-state index in [2.05, 4.69) is 41.6 Å². The first-order chi connectivity index (χ1) is 10.2. The van der Waals surface area contributed by atoms with E-state index in [1.54, 1.807) is 11.3 Å². The van der Waals surface area contributed by atoms with Crippen LogP contribution >= 0.6 is 11.3 Å². The first-order valence-electron chi connectivity index (χ1n) is 6.84. The van der Waals surface area contributed by atoms with Gasteiger partial charge in [0, 0.05) is 18.0 Å². The maximum atomic E-state index is 10.9. The molecule has 0 aliphatic carbocycles. The number of rotatable bonds is 5. The summed E-state index contributed by atoms with van der Waals surface area (Å²) in [6.45, 7) is 2.73. The van der Waals surface area contributed by atoms with Crippen LogP contribution in [-0.2, 0) is 13.0 Å². The van der Waals surface area contributed by atoms with E-state index in [4.69, 9.17) is 0 Å². The number of benzene rings is 1. The van der Waals surface area contributed by atoms with Gasteiger partial charge in [-0.25, -0.2) is 4.98 Å². The zero-order valence-corrected chi connectivity index (χ0v) is 12.6. The number of carbonyl (C=O) groups excluding carboxylic acids is 1. The average Bonchev–Trinajstić information content (AvgIpc) is 3.11. The molecule has 0 saturated carbocycles. The van der Waals surface area contributed by atoms with Crippen LogP contribution in [0, 0.1) is 6.92 Å². The third kappa shape index (κ3) is 3.28. The molecule has 0 aliphatic rings. The van der Waals surface area contributed by atoms with E-state index < -0.39 is 0 Å². The quantitative estimate of drug-likeness (QED) is 0.673. The molecule has 106 valence electrons. The van der Waals surface area contributed by atoms with Gasteiger partial charge in [-0.05, 0) is 24.6 Å². The van der Waals surface area contributed by atoms with Crippen LogP contribution in [0.25, 0.3) is 0 Å². The highest BCUT2D eigenvalue weighted by molar-refractivity contribution is 7.09. The molecule has 0 saturated heterocycles. The van der Waals surface area contributed by atoms with Gasteiger partial charge in [-0.15, -0.1) is 11.3 Å². The molecule has 21 heavy (non-hydrogen) atoms. The second kappa shape index (κ2) is 6.06. The van der Waals surface area contributed by atoms with Gasteiger partial charge in [0.15, 0.2) is 6.29 Å². The van der Waals surface area contributed by atoms with Crippen molar-refractivity contribution in [2.75, 3.05) is 0 Å². The molecule has 3 rings (SSSR count). The second-order valence-electron chi connectivity index (χ2n) is 5.07. The normalized spacial score (nSPS) is 10.7. The van der Waals surface area contributed by atoms with E-state index in [1.807, 2.05) is 22.9 Å². The Morgan fingerprint density at radius 2 is 2.05 bits per heavy atom. The molecule has 0 radical (unpaired) electrons. The van der Waals surface area contributed by atoms with Crippen molar-refractivity contribution in [1.29, 1.82) is 0 Å². The van der Waals surface area contributed by atoms with Crippen molar-refractivity contribution in [1.82, 2.24) is 9.55 Å². The fourth-order valence-corrected chi connectivity index (χ4v) is 3.06. The number of aromatic nitrogens is 2. The van der Waals surface area contributed by atoms with Crippen molar-refractivity contribution < 1.29 is 4.79 Å². The van der Waals surface area contributed by atoms with Crippen LogP contribution in [0.5, 0.6) is 0 Å². The molecule has 0 fully saturated rings. The Hall–Kier alpha value is -2.20. The van der Waals surface area contributed by atoms with Crippen molar-refractivity contribution in [3.8, 4) is 0 Å². The zero-order valence-electron chi connectivity index (χ0n) is 11.8. The summed E-state index contributed by atoms with van der Waals surface area (Å²) in [6, 6.07) is 12.2. The van der Waals surface area contributed by atoms with Gasteiger partial charge >= 0.3 is 0 Å². The number of nitrogens with zero attached hydrogens (tertiary/aromatic N) is 2. The standard InChI is InChI=1S/C17H16N2OS/c1-13-4-6-14(7-5-13)9-17-18-15(12-21-17)10-19-8-2-3-16(19)11-20/h2-8,11-12H,9-10H2,1H3. The van der Waals surface area contributed by atoms with Crippen LogP contribution in [0.3, 0.4) is 0 Å². The lowest BCUT2D eigenvalue weighted by atomic mass is 10.1. The summed E-state index contributed by atoms with van der Waals surface area (Å²) >= 11 is 1.67. The zero-order chi connectivity index (χ0) is 14.7. The predicted octanol–water partition coefficient (Wildman–Crippen LogP) is 3.70. The SMILES string of the molecule is Cc1ccc(Cc2nc(Cn3cccc3C=O)cs2)cc1. The fraction of sp³-hybridized carbons (Fsp3) is 0.176. The summed E-state index contributed by atoms with van der Waals surface area (Å²) in [6.07, 6.45) is 3.64. The van der Waals surface area contributed by atoms with E-state index in [0.29, 0.717) is 12.2 Å². The molecule has 0 spiro atoms. The van der Waals surface area contributed by atoms with Crippen LogP contribution in [0.15, 0.2) is 48.0 Å². The second-order valence-corrected chi connectivity index (χ2v) is 6.02. The molecule has 3 nitrogen and oxygen atoms in total. The van der Waals surface area contributed by atoms with E-state index in [9.17, 15) is 4.79 Å². The third-order valence-electron chi connectivity index (χ3n) is 3.39. The highest BCUT2D eigenvalue weighted by Gasteiger charge is 2.06. The number of aryl methyl sites for hydroxylation is 1. The fourth-order valence-electron chi connectivity index (χ4n) is 2.24. The molecule has 0 unspecified atom stereocenters. The first kappa shape index (κ1) is 13.8. The minimum atomic E-state index is 0.644. The van der Waals surface area contributed by atoms with Gasteiger partial charge in [-0.3, -0.25) is 4.79 Å². The topological polar surface area (TPSA) is 34.9 Å². The summed E-state index contributed by atoms with van der Waals surface area (Å²) < 4.78 is 1.91. The number of carbonyl (C=O) groups is 1. The van der Waals surface area contributed by atoms with Crippen LogP contribution in [-0.4, -0.2) is 15.8 Å². The lowest BCUT2D eigenvalue weighted by Gasteiger charge is -2.02. The summed E-state index contributed by atoms with van der Waals surface area (Å²) in [4.78, 5) is 15.6. The summed E-state index contributed by atoms with van der Waals surface area (Å²) in [5.74, 6) is 0. The van der Waals surface area contributed by atoms with E-state index in [-0.39, 0.29) is 0 Å². The van der Waals surface area contributed by atoms with Gasteiger partial charge in [-0.1, -0.05) is 29.8 Å². The van der Waals surface area contributed by atoms with Gasteiger partial charge in [-0.2, -0.15) is 0 Å². The Bertz CT molecular complexity index is 740. The molecular formula is C17H16N2OS. The Morgan fingerprint density at radius 3 is 2.81 bits per heavy atom. The monoisotopic (exact) mass is 296 g/mol. The first-order valence-corrected chi connectivity index (χ1v) is 7.72. The van der Waals surface area contributed by atoms with Crippen LogP contribution in [0.1, 0.15) is 32.3 Å². The Labute approximate surface area is 127 Å². The Morgan fingerprint density at radius 1 is 1.24 bits per heavy atom. The molecule has 4 heteroatoms. The van der Waals surface area contributed by atoms with Crippen molar-refractivity contribution in [3.63, 3.8) is 0 Å². The highest BCUT2D eigenvalue weighted by atomic mass is 32.1. The van der Waals surface area contributed by atoms with Crippen molar-refractivity contribution in [3.05, 3.63) is 75.5 Å². The summed E-state index contributed by atoms with van der Waals surface area (Å²) in [7, 11) is 0. The number of thiazole rings is 1. The highest BCUT2D eigenvalue weighted by Crippen LogP contribution is 2.16. The average molecular weight is 296 g/mol. The van der Waals surface area contributed by atoms with E-state index >= 15 is 0 Å². The number of hydrogen-bond acceptors (Lipinski definition) is 3. The molecule has 0 aliphatic heterocycles. The number of aldehydes is 1. The van der Waals surface area contributed by atoms with Crippen molar-refractivity contribution in [2.45, 2.75) is 19.9 Å². The van der Waals surface area contributed by atoms with Crippen LogP contribution < -0.4 is 0 Å². The molecule has 0 N–H and O–H groups in total. The molecule has 2 heterocycles. The molecule has 1 aromatic carbocycles. The molecular weight excluding hydrogens is 280 g/mol. The lowest BCUT2D eigenvalue weighted by molar-refractivity contribution is 0.111. The molecule has 3 aromatic rings. The molecule has 0 bridgehead atoms. The Balaban J connectivity index is 1.71. The number of hydrogen-bond donors (Lipinski definition) is 0. The predicted molar refractivity (Wildman–Crippen MR) is 85.0 cm³/mol. The molecule has 0 amide bonds. The van der Waals surface area contributed by atoms with Gasteiger partial charge in [0.05, 0.1) is 22.9 Å². The van der Waals surface area contributed by atoms with Crippen LogP contribution in [0.4, 0.5) is 0 Å². The summed E-state index contributed by atoms with van der Waals surface area (Å²) in [5.41, 5.74) is 4.23. The van der Waals surface area contributed by atoms with E-state index in [1.165, 1.54) is 11.1 Å². The van der Waals surface area contributed by atoms with Crippen molar-refractivity contribution in [2.24, 2.45) is 0 Å². The lowest BCUT2D eigenvalue weighted by Crippen LogP contribution is -2.02. The van der Waals surface area contributed by atoms with E-state index in [0.717, 1.165) is 23.4 Å². The van der Waals surface area contributed by atoms with Crippen LogP contribution in [0.2, 0.25) is 0 Å². The molecule has 0 atom stereocenters. The smallest absolute Gasteiger partial charge is 0.166 e. The summed E-state index contributed by atoms with van der Waals surface area (Å²) in [5, 5.41) is 3.17. The molecule has 2 aromatic heterocycles. The van der Waals surface area contributed by atoms with Crippen molar-refractivity contribution >= 4 is 17.6 Å². The van der Waals surface area contributed by atoms with Gasteiger partial charge in [0.1, 0.15) is 0 Å². The maximum absolute atomic E-state index is 10.9. The maximum Gasteiger partial charge on any atom is 0.166 e. The largest absolute Gasteiger partial charge is 0.339 e. The van der Waals surface area contributed by atoms with Gasteiger partial charge in [0.25, 0.3) is 0 Å². The van der Waals surface area contributed by atoms with Gasteiger partial charge in [0.2, 0.25) is 0 Å². The minimum absolute atomic E-state index is 0.644.